The Kier molecular flexibility index (Phi) is 5.09. The number of aryl methyl sites for hydroxylation is 1. The summed E-state index contributed by atoms with van der Waals surface area (Å²) < 4.78 is 15.4. The standard InChI is InChI=1S/C14H9Br3ClF/c1-7-4-10(12(18)6-13(7)19)14(17)9-3-2-8(15)5-11(9)16/h2-6,14H,1H3. The van der Waals surface area contributed by atoms with Gasteiger partial charge in [-0.1, -0.05) is 71.5 Å². The number of hydrogen-bond acceptors (Lipinski definition) is 0. The highest BCUT2D eigenvalue weighted by Gasteiger charge is 2.18. The van der Waals surface area contributed by atoms with E-state index in [1.807, 2.05) is 18.2 Å². The van der Waals surface area contributed by atoms with Gasteiger partial charge in [0.1, 0.15) is 5.82 Å². The van der Waals surface area contributed by atoms with E-state index in [4.69, 9.17) is 11.6 Å². The SMILES string of the molecule is Cc1cc(C(Br)c2ccc(Br)cc2Br)c(Cl)cc1F. The predicted octanol–water partition coefficient (Wildman–Crippen LogP) is 6.80. The Morgan fingerprint density at radius 3 is 2.42 bits per heavy atom. The number of halogens is 5. The van der Waals surface area contributed by atoms with E-state index in [2.05, 4.69) is 47.8 Å². The lowest BCUT2D eigenvalue weighted by Gasteiger charge is -2.15. The van der Waals surface area contributed by atoms with E-state index in [9.17, 15) is 4.39 Å². The maximum Gasteiger partial charge on any atom is 0.127 e. The molecule has 0 aliphatic rings. The van der Waals surface area contributed by atoms with Crippen molar-refractivity contribution in [3.8, 4) is 0 Å². The molecule has 0 saturated heterocycles. The second-order valence-corrected chi connectivity index (χ2v) is 7.24. The Morgan fingerprint density at radius 1 is 1.11 bits per heavy atom. The second kappa shape index (κ2) is 6.25. The van der Waals surface area contributed by atoms with E-state index in [1.165, 1.54) is 6.07 Å². The van der Waals surface area contributed by atoms with Gasteiger partial charge in [-0.25, -0.2) is 4.39 Å². The summed E-state index contributed by atoms with van der Waals surface area (Å²) in [6, 6.07) is 9.04. The summed E-state index contributed by atoms with van der Waals surface area (Å²) in [6.07, 6.45) is 0. The molecule has 1 unspecified atom stereocenters. The van der Waals surface area contributed by atoms with Gasteiger partial charge >= 0.3 is 0 Å². The van der Waals surface area contributed by atoms with Gasteiger partial charge in [0.25, 0.3) is 0 Å². The van der Waals surface area contributed by atoms with Crippen molar-refractivity contribution in [2.45, 2.75) is 11.8 Å². The van der Waals surface area contributed by atoms with Gasteiger partial charge in [-0.05, 0) is 41.8 Å². The fraction of sp³-hybridized carbons (Fsp3) is 0.143. The normalized spacial score (nSPS) is 12.5. The van der Waals surface area contributed by atoms with Crippen LogP contribution >= 0.6 is 59.4 Å². The van der Waals surface area contributed by atoms with E-state index >= 15 is 0 Å². The minimum absolute atomic E-state index is 0.0956. The molecule has 100 valence electrons. The van der Waals surface area contributed by atoms with Crippen LogP contribution in [0.5, 0.6) is 0 Å². The van der Waals surface area contributed by atoms with Crippen molar-refractivity contribution >= 4 is 59.4 Å². The van der Waals surface area contributed by atoms with Crippen molar-refractivity contribution in [3.63, 3.8) is 0 Å². The molecule has 0 fully saturated rings. The molecule has 0 aliphatic heterocycles. The molecule has 5 heteroatoms. The zero-order valence-corrected chi connectivity index (χ0v) is 15.4. The molecular weight excluding hydrogens is 462 g/mol. The third-order valence-corrected chi connectivity index (χ3v) is 5.28. The highest BCUT2D eigenvalue weighted by Crippen LogP contribution is 2.40. The highest BCUT2D eigenvalue weighted by atomic mass is 79.9. The zero-order valence-electron chi connectivity index (χ0n) is 9.85. The first-order chi connectivity index (χ1) is 8.90. The first-order valence-corrected chi connectivity index (χ1v) is 8.32. The highest BCUT2D eigenvalue weighted by molar-refractivity contribution is 9.11. The maximum absolute atomic E-state index is 13.4. The van der Waals surface area contributed by atoms with Gasteiger partial charge < -0.3 is 0 Å². The lowest BCUT2D eigenvalue weighted by Crippen LogP contribution is -1.97. The van der Waals surface area contributed by atoms with Crippen LogP contribution in [0.2, 0.25) is 5.02 Å². The molecule has 0 nitrogen and oxygen atoms in total. The van der Waals surface area contributed by atoms with Crippen molar-refractivity contribution in [2.24, 2.45) is 0 Å². The van der Waals surface area contributed by atoms with Gasteiger partial charge in [0.2, 0.25) is 0 Å². The van der Waals surface area contributed by atoms with Crippen LogP contribution < -0.4 is 0 Å². The molecule has 0 spiro atoms. The lowest BCUT2D eigenvalue weighted by atomic mass is 10.0. The number of rotatable bonds is 2. The Morgan fingerprint density at radius 2 is 1.79 bits per heavy atom. The number of alkyl halides is 1. The minimum Gasteiger partial charge on any atom is -0.207 e. The van der Waals surface area contributed by atoms with Gasteiger partial charge in [0.15, 0.2) is 0 Å². The van der Waals surface area contributed by atoms with Crippen LogP contribution in [0.1, 0.15) is 21.5 Å². The second-order valence-electron chi connectivity index (χ2n) is 4.15. The molecule has 0 bridgehead atoms. The Bertz CT molecular complexity index is 628. The fourth-order valence-corrected chi connectivity index (χ4v) is 4.50. The fourth-order valence-electron chi connectivity index (χ4n) is 1.75. The van der Waals surface area contributed by atoms with Crippen molar-refractivity contribution in [3.05, 3.63) is 66.8 Å². The summed E-state index contributed by atoms with van der Waals surface area (Å²) in [5, 5.41) is 0.416. The van der Waals surface area contributed by atoms with Crippen LogP contribution in [-0.4, -0.2) is 0 Å². The first-order valence-electron chi connectivity index (χ1n) is 5.44. The monoisotopic (exact) mass is 468 g/mol. The van der Waals surface area contributed by atoms with Crippen LogP contribution in [0.3, 0.4) is 0 Å². The first kappa shape index (κ1) is 15.5. The van der Waals surface area contributed by atoms with Crippen molar-refractivity contribution in [2.75, 3.05) is 0 Å². The van der Waals surface area contributed by atoms with Crippen LogP contribution in [0.4, 0.5) is 4.39 Å². The molecule has 0 radical (unpaired) electrons. The zero-order chi connectivity index (χ0) is 14.2. The minimum atomic E-state index is -0.289. The summed E-state index contributed by atoms with van der Waals surface area (Å²) in [4.78, 5) is -0.0956. The summed E-state index contributed by atoms with van der Waals surface area (Å²) >= 11 is 16.7. The molecule has 19 heavy (non-hydrogen) atoms. The quantitative estimate of drug-likeness (QED) is 0.423. The summed E-state index contributed by atoms with van der Waals surface area (Å²) in [7, 11) is 0. The van der Waals surface area contributed by atoms with Gasteiger partial charge in [-0.15, -0.1) is 0 Å². The van der Waals surface area contributed by atoms with E-state index in [0.29, 0.717) is 10.6 Å². The van der Waals surface area contributed by atoms with Crippen molar-refractivity contribution in [1.82, 2.24) is 0 Å². The molecule has 0 amide bonds. The molecule has 0 N–H and O–H groups in total. The average molecular weight is 471 g/mol. The van der Waals surface area contributed by atoms with Gasteiger partial charge in [0, 0.05) is 14.0 Å². The van der Waals surface area contributed by atoms with E-state index < -0.39 is 0 Å². The molecule has 2 rings (SSSR count). The molecule has 0 saturated carbocycles. The summed E-state index contributed by atoms with van der Waals surface area (Å²) in [5.41, 5.74) is 2.47. The van der Waals surface area contributed by atoms with Gasteiger partial charge in [-0.2, -0.15) is 0 Å². The van der Waals surface area contributed by atoms with Gasteiger partial charge in [0.05, 0.1) is 4.83 Å². The van der Waals surface area contributed by atoms with E-state index in [1.54, 1.807) is 13.0 Å². The predicted molar refractivity (Wildman–Crippen MR) is 88.8 cm³/mol. The molecule has 2 aromatic carbocycles. The van der Waals surface area contributed by atoms with Crippen LogP contribution in [0.15, 0.2) is 39.3 Å². The molecule has 1 atom stereocenters. The number of benzene rings is 2. The average Bonchev–Trinajstić information content (AvgIpc) is 2.33. The lowest BCUT2D eigenvalue weighted by molar-refractivity contribution is 0.618. The van der Waals surface area contributed by atoms with E-state index in [-0.39, 0.29) is 10.6 Å². The summed E-state index contributed by atoms with van der Waals surface area (Å²) in [5.74, 6) is -0.289. The third kappa shape index (κ3) is 3.41. The smallest absolute Gasteiger partial charge is 0.127 e. The van der Waals surface area contributed by atoms with Gasteiger partial charge in [-0.3, -0.25) is 0 Å². The largest absolute Gasteiger partial charge is 0.207 e. The molecular formula is C14H9Br3ClF. The molecule has 0 heterocycles. The molecule has 0 aliphatic carbocycles. The Balaban J connectivity index is 2.49. The topological polar surface area (TPSA) is 0 Å². The van der Waals surface area contributed by atoms with Crippen LogP contribution in [0.25, 0.3) is 0 Å². The van der Waals surface area contributed by atoms with Crippen molar-refractivity contribution in [1.29, 1.82) is 0 Å². The molecule has 0 aromatic heterocycles. The van der Waals surface area contributed by atoms with Crippen LogP contribution in [-0.2, 0) is 0 Å². The maximum atomic E-state index is 13.4. The van der Waals surface area contributed by atoms with Crippen LogP contribution in [0, 0.1) is 12.7 Å². The van der Waals surface area contributed by atoms with E-state index in [0.717, 1.165) is 20.1 Å². The number of hydrogen-bond donors (Lipinski definition) is 0. The Labute approximate surface area is 141 Å². The Hall–Kier alpha value is 0.1000. The van der Waals surface area contributed by atoms with Crippen molar-refractivity contribution < 1.29 is 4.39 Å². The summed E-state index contributed by atoms with van der Waals surface area (Å²) in [6.45, 7) is 1.73. The molecule has 2 aromatic rings. The third-order valence-electron chi connectivity index (χ3n) is 2.79.